The Bertz CT molecular complexity index is 818. The van der Waals surface area contributed by atoms with Gasteiger partial charge in [0.2, 0.25) is 5.91 Å². The lowest BCUT2D eigenvalue weighted by Crippen LogP contribution is -2.33. The molecule has 2 aliphatic rings. The van der Waals surface area contributed by atoms with Gasteiger partial charge in [-0.2, -0.15) is 0 Å². The molecular weight excluding hydrogens is 336 g/mol. The highest BCUT2D eigenvalue weighted by atomic mass is 16.2. The summed E-state index contributed by atoms with van der Waals surface area (Å²) in [5.41, 5.74) is 4.02. The molecule has 0 aromatic heterocycles. The van der Waals surface area contributed by atoms with Crippen molar-refractivity contribution in [1.82, 2.24) is 10.2 Å². The van der Waals surface area contributed by atoms with Crippen molar-refractivity contribution in [3.63, 3.8) is 0 Å². The van der Waals surface area contributed by atoms with Crippen LogP contribution in [0, 0.1) is 6.92 Å². The van der Waals surface area contributed by atoms with Crippen molar-refractivity contribution in [2.45, 2.75) is 57.7 Å². The van der Waals surface area contributed by atoms with Gasteiger partial charge in [-0.3, -0.25) is 9.59 Å². The standard InChI is InChI=1S/C23H26N2O2/c1-16-2-4-17(5-3-16)14-22(26)25(21-12-13-21)15-18-6-8-19(9-7-18)23(27)24-20-10-11-20/h2-9,20-21H,10-15H2,1H3,(H,24,27). The summed E-state index contributed by atoms with van der Waals surface area (Å²) in [6.07, 6.45) is 4.79. The Hall–Kier alpha value is -2.62. The van der Waals surface area contributed by atoms with E-state index < -0.39 is 0 Å². The number of hydrogen-bond donors (Lipinski definition) is 1. The molecule has 2 aliphatic carbocycles. The van der Waals surface area contributed by atoms with E-state index in [2.05, 4.69) is 24.4 Å². The van der Waals surface area contributed by atoms with Crippen molar-refractivity contribution in [1.29, 1.82) is 0 Å². The minimum Gasteiger partial charge on any atom is -0.349 e. The van der Waals surface area contributed by atoms with Gasteiger partial charge in [0.05, 0.1) is 6.42 Å². The Morgan fingerprint density at radius 3 is 2.15 bits per heavy atom. The number of nitrogens with one attached hydrogen (secondary N) is 1. The second kappa shape index (κ2) is 7.55. The van der Waals surface area contributed by atoms with Crippen LogP contribution in [-0.4, -0.2) is 28.8 Å². The van der Waals surface area contributed by atoms with Crippen molar-refractivity contribution in [2.24, 2.45) is 0 Å². The van der Waals surface area contributed by atoms with Crippen LogP contribution < -0.4 is 5.32 Å². The molecule has 0 aliphatic heterocycles. The largest absolute Gasteiger partial charge is 0.349 e. The first-order chi connectivity index (χ1) is 13.1. The highest BCUT2D eigenvalue weighted by Gasteiger charge is 2.32. The molecule has 4 heteroatoms. The molecule has 2 fully saturated rings. The molecule has 1 N–H and O–H groups in total. The van der Waals surface area contributed by atoms with Crippen LogP contribution >= 0.6 is 0 Å². The van der Waals surface area contributed by atoms with Gasteiger partial charge < -0.3 is 10.2 Å². The van der Waals surface area contributed by atoms with E-state index in [4.69, 9.17) is 0 Å². The van der Waals surface area contributed by atoms with Crippen LogP contribution in [0.4, 0.5) is 0 Å². The predicted molar refractivity (Wildman–Crippen MR) is 105 cm³/mol. The Kier molecular flexibility index (Phi) is 4.97. The summed E-state index contributed by atoms with van der Waals surface area (Å²) in [7, 11) is 0. The van der Waals surface area contributed by atoms with Gasteiger partial charge >= 0.3 is 0 Å². The number of nitrogens with zero attached hydrogens (tertiary/aromatic N) is 1. The van der Waals surface area contributed by atoms with Crippen molar-refractivity contribution >= 4 is 11.8 Å². The topological polar surface area (TPSA) is 49.4 Å². The van der Waals surface area contributed by atoms with Gasteiger partial charge in [0.1, 0.15) is 0 Å². The highest BCUT2D eigenvalue weighted by Crippen LogP contribution is 2.29. The Morgan fingerprint density at radius 2 is 1.56 bits per heavy atom. The normalized spacial score (nSPS) is 16.0. The molecule has 0 spiro atoms. The van der Waals surface area contributed by atoms with Crippen LogP contribution in [-0.2, 0) is 17.8 Å². The fourth-order valence-corrected chi connectivity index (χ4v) is 3.24. The van der Waals surface area contributed by atoms with E-state index in [1.807, 2.05) is 41.3 Å². The summed E-state index contributed by atoms with van der Waals surface area (Å²) in [5, 5.41) is 3.00. The molecule has 4 nitrogen and oxygen atoms in total. The number of amides is 2. The number of carbonyl (C=O) groups is 2. The van der Waals surface area contributed by atoms with E-state index in [9.17, 15) is 9.59 Å². The number of hydrogen-bond acceptors (Lipinski definition) is 2. The van der Waals surface area contributed by atoms with Crippen molar-refractivity contribution in [2.75, 3.05) is 0 Å². The summed E-state index contributed by atoms with van der Waals surface area (Å²) in [6, 6.07) is 16.6. The maximum absolute atomic E-state index is 12.8. The second-order valence-corrected chi connectivity index (χ2v) is 7.86. The molecule has 2 aromatic rings. The zero-order valence-corrected chi connectivity index (χ0v) is 15.8. The monoisotopic (exact) mass is 362 g/mol. The SMILES string of the molecule is Cc1ccc(CC(=O)N(Cc2ccc(C(=O)NC3CC3)cc2)C2CC2)cc1. The number of rotatable bonds is 7. The van der Waals surface area contributed by atoms with Crippen LogP contribution in [0.2, 0.25) is 0 Å². The van der Waals surface area contributed by atoms with E-state index in [0.717, 1.165) is 36.8 Å². The smallest absolute Gasteiger partial charge is 0.251 e. The molecule has 0 saturated heterocycles. The molecule has 0 atom stereocenters. The Morgan fingerprint density at radius 1 is 0.926 bits per heavy atom. The summed E-state index contributed by atoms with van der Waals surface area (Å²) in [4.78, 5) is 27.0. The van der Waals surface area contributed by atoms with Gasteiger partial charge in [0.15, 0.2) is 0 Å². The maximum Gasteiger partial charge on any atom is 0.251 e. The lowest BCUT2D eigenvalue weighted by atomic mass is 10.1. The van der Waals surface area contributed by atoms with Gasteiger partial charge in [-0.05, 0) is 55.9 Å². The average molecular weight is 362 g/mol. The van der Waals surface area contributed by atoms with Crippen LogP contribution in [0.25, 0.3) is 0 Å². The van der Waals surface area contributed by atoms with Crippen molar-refractivity contribution < 1.29 is 9.59 Å². The number of aryl methyl sites for hydroxylation is 1. The fraction of sp³-hybridized carbons (Fsp3) is 0.391. The van der Waals surface area contributed by atoms with Gasteiger partial charge in [-0.15, -0.1) is 0 Å². The third kappa shape index (κ3) is 4.76. The van der Waals surface area contributed by atoms with Crippen molar-refractivity contribution in [3.05, 3.63) is 70.8 Å². The lowest BCUT2D eigenvalue weighted by molar-refractivity contribution is -0.131. The average Bonchev–Trinajstić information content (AvgIpc) is 3.57. The third-order valence-corrected chi connectivity index (χ3v) is 5.27. The minimum absolute atomic E-state index is 0.00135. The van der Waals surface area contributed by atoms with E-state index >= 15 is 0 Å². The molecule has 140 valence electrons. The lowest BCUT2D eigenvalue weighted by Gasteiger charge is -2.23. The summed E-state index contributed by atoms with van der Waals surface area (Å²) >= 11 is 0. The minimum atomic E-state index is -0.00135. The third-order valence-electron chi connectivity index (χ3n) is 5.27. The molecule has 2 amide bonds. The molecule has 0 radical (unpaired) electrons. The Balaban J connectivity index is 1.39. The molecule has 0 heterocycles. The summed E-state index contributed by atoms with van der Waals surface area (Å²) < 4.78 is 0. The van der Waals surface area contributed by atoms with Crippen molar-refractivity contribution in [3.8, 4) is 0 Å². The fourth-order valence-electron chi connectivity index (χ4n) is 3.24. The first-order valence-corrected chi connectivity index (χ1v) is 9.83. The molecule has 2 aromatic carbocycles. The highest BCUT2D eigenvalue weighted by molar-refractivity contribution is 5.94. The van der Waals surface area contributed by atoms with Gasteiger partial charge in [0, 0.05) is 24.2 Å². The molecule has 27 heavy (non-hydrogen) atoms. The number of benzene rings is 2. The quantitative estimate of drug-likeness (QED) is 0.818. The second-order valence-electron chi connectivity index (χ2n) is 7.86. The maximum atomic E-state index is 12.8. The Labute approximate surface area is 160 Å². The van der Waals surface area contributed by atoms with Gasteiger partial charge in [-0.1, -0.05) is 42.0 Å². The molecule has 0 bridgehead atoms. The zero-order valence-electron chi connectivity index (χ0n) is 15.8. The molecule has 2 saturated carbocycles. The van der Waals surface area contributed by atoms with E-state index in [1.54, 1.807) is 0 Å². The van der Waals surface area contributed by atoms with Crippen LogP contribution in [0.1, 0.15) is 52.7 Å². The molecular formula is C23H26N2O2. The van der Waals surface area contributed by atoms with Crippen LogP contribution in [0.3, 0.4) is 0 Å². The van der Waals surface area contributed by atoms with E-state index in [1.165, 1.54) is 5.56 Å². The molecule has 4 rings (SSSR count). The summed E-state index contributed by atoms with van der Waals surface area (Å²) in [6.45, 7) is 2.66. The van der Waals surface area contributed by atoms with Crippen LogP contribution in [0.5, 0.6) is 0 Å². The van der Waals surface area contributed by atoms with Gasteiger partial charge in [0.25, 0.3) is 5.91 Å². The zero-order chi connectivity index (χ0) is 18.8. The van der Waals surface area contributed by atoms with E-state index in [-0.39, 0.29) is 11.8 Å². The molecule has 0 unspecified atom stereocenters. The van der Waals surface area contributed by atoms with Crippen LogP contribution in [0.15, 0.2) is 48.5 Å². The first-order valence-electron chi connectivity index (χ1n) is 9.83. The number of carbonyl (C=O) groups excluding carboxylic acids is 2. The predicted octanol–water partition coefficient (Wildman–Crippen LogP) is 3.62. The summed E-state index contributed by atoms with van der Waals surface area (Å²) in [5.74, 6) is 0.176. The van der Waals surface area contributed by atoms with Gasteiger partial charge in [-0.25, -0.2) is 0 Å². The first kappa shape index (κ1) is 17.8. The van der Waals surface area contributed by atoms with E-state index in [0.29, 0.717) is 30.6 Å².